The SMILES string of the molecule is CNc1ccc(O)c(NS(=O)CCCCl)c1. The van der Waals surface area contributed by atoms with E-state index in [-0.39, 0.29) is 5.75 Å². The minimum atomic E-state index is -1.21. The Labute approximate surface area is 103 Å². The molecule has 90 valence electrons. The molecule has 3 N–H and O–H groups in total. The molecule has 4 nitrogen and oxygen atoms in total. The number of anilines is 2. The van der Waals surface area contributed by atoms with Gasteiger partial charge in [-0.05, 0) is 24.6 Å². The molecule has 0 bridgehead atoms. The van der Waals surface area contributed by atoms with E-state index >= 15 is 0 Å². The fraction of sp³-hybridized carbons (Fsp3) is 0.400. The molecule has 6 heteroatoms. The van der Waals surface area contributed by atoms with Gasteiger partial charge in [0.1, 0.15) is 16.7 Å². The van der Waals surface area contributed by atoms with Crippen molar-refractivity contribution in [1.29, 1.82) is 0 Å². The van der Waals surface area contributed by atoms with Crippen LogP contribution in [-0.4, -0.2) is 28.0 Å². The highest BCUT2D eigenvalue weighted by molar-refractivity contribution is 7.86. The van der Waals surface area contributed by atoms with Crippen molar-refractivity contribution in [3.8, 4) is 5.75 Å². The largest absolute Gasteiger partial charge is 0.506 e. The lowest BCUT2D eigenvalue weighted by molar-refractivity contribution is 0.478. The highest BCUT2D eigenvalue weighted by Crippen LogP contribution is 2.26. The molecule has 0 saturated heterocycles. The summed E-state index contributed by atoms with van der Waals surface area (Å²) >= 11 is 5.51. The van der Waals surface area contributed by atoms with Gasteiger partial charge in [-0.15, -0.1) is 11.6 Å². The minimum Gasteiger partial charge on any atom is -0.506 e. The molecule has 0 spiro atoms. The van der Waals surface area contributed by atoms with Gasteiger partial charge in [-0.3, -0.25) is 0 Å². The highest BCUT2D eigenvalue weighted by atomic mass is 35.5. The molecule has 1 rings (SSSR count). The molecule has 0 radical (unpaired) electrons. The van der Waals surface area contributed by atoms with Crippen molar-refractivity contribution in [3.05, 3.63) is 18.2 Å². The monoisotopic (exact) mass is 262 g/mol. The van der Waals surface area contributed by atoms with E-state index in [1.807, 2.05) is 0 Å². The van der Waals surface area contributed by atoms with Crippen LogP contribution in [0.3, 0.4) is 0 Å². The van der Waals surface area contributed by atoms with Gasteiger partial charge in [0, 0.05) is 24.4 Å². The molecule has 0 aliphatic carbocycles. The summed E-state index contributed by atoms with van der Waals surface area (Å²) in [4.78, 5) is 0. The second-order valence-corrected chi connectivity index (χ2v) is 4.86. The second kappa shape index (κ2) is 6.60. The van der Waals surface area contributed by atoms with Crippen molar-refractivity contribution < 1.29 is 9.32 Å². The number of hydrogen-bond donors (Lipinski definition) is 3. The van der Waals surface area contributed by atoms with Gasteiger partial charge in [0.15, 0.2) is 0 Å². The summed E-state index contributed by atoms with van der Waals surface area (Å²) < 4.78 is 14.3. The number of hydrogen-bond acceptors (Lipinski definition) is 3. The molecule has 16 heavy (non-hydrogen) atoms. The first-order chi connectivity index (χ1) is 7.67. The molecule has 0 aliphatic rings. The van der Waals surface area contributed by atoms with Crippen LogP contribution in [0.1, 0.15) is 6.42 Å². The van der Waals surface area contributed by atoms with Gasteiger partial charge >= 0.3 is 0 Å². The Balaban J connectivity index is 2.68. The molecule has 0 heterocycles. The van der Waals surface area contributed by atoms with E-state index in [1.54, 1.807) is 25.2 Å². The lowest BCUT2D eigenvalue weighted by atomic mass is 10.2. The van der Waals surface area contributed by atoms with Gasteiger partial charge in [0.25, 0.3) is 0 Å². The van der Waals surface area contributed by atoms with Crippen molar-refractivity contribution in [2.75, 3.05) is 28.7 Å². The van der Waals surface area contributed by atoms with Gasteiger partial charge in [-0.25, -0.2) is 4.21 Å². The molecule has 0 amide bonds. The van der Waals surface area contributed by atoms with Crippen molar-refractivity contribution in [2.24, 2.45) is 0 Å². The zero-order chi connectivity index (χ0) is 12.0. The average molecular weight is 263 g/mol. The molecule has 1 atom stereocenters. The van der Waals surface area contributed by atoms with Gasteiger partial charge in [0.05, 0.1) is 5.69 Å². The topological polar surface area (TPSA) is 61.4 Å². The van der Waals surface area contributed by atoms with E-state index in [1.165, 1.54) is 0 Å². The van der Waals surface area contributed by atoms with Crippen molar-refractivity contribution >= 4 is 34.0 Å². The second-order valence-electron chi connectivity index (χ2n) is 3.18. The highest BCUT2D eigenvalue weighted by Gasteiger charge is 2.05. The number of halogens is 1. The number of nitrogens with one attached hydrogen (secondary N) is 2. The Morgan fingerprint density at radius 2 is 2.25 bits per heavy atom. The zero-order valence-corrected chi connectivity index (χ0v) is 10.6. The molecule has 0 fully saturated rings. The average Bonchev–Trinajstić information content (AvgIpc) is 2.29. The van der Waals surface area contributed by atoms with Gasteiger partial charge in [-0.1, -0.05) is 0 Å². The third-order valence-electron chi connectivity index (χ3n) is 1.97. The first kappa shape index (κ1) is 13.1. The number of phenols is 1. The zero-order valence-electron chi connectivity index (χ0n) is 9.00. The number of benzene rings is 1. The first-order valence-electron chi connectivity index (χ1n) is 4.89. The molecule has 1 aromatic rings. The maximum Gasteiger partial charge on any atom is 0.139 e. The predicted octanol–water partition coefficient (Wildman–Crippen LogP) is 2.14. The summed E-state index contributed by atoms with van der Waals surface area (Å²) in [6.07, 6.45) is 0.674. The smallest absolute Gasteiger partial charge is 0.139 e. The fourth-order valence-electron chi connectivity index (χ4n) is 1.13. The third kappa shape index (κ3) is 3.90. The van der Waals surface area contributed by atoms with Crippen LogP contribution in [0.2, 0.25) is 0 Å². The molecular weight excluding hydrogens is 248 g/mol. The third-order valence-corrected chi connectivity index (χ3v) is 3.35. The lowest BCUT2D eigenvalue weighted by Crippen LogP contribution is -2.09. The minimum absolute atomic E-state index is 0.0817. The van der Waals surface area contributed by atoms with Crippen LogP contribution in [0.4, 0.5) is 11.4 Å². The Hall–Kier alpha value is -0.940. The summed E-state index contributed by atoms with van der Waals surface area (Å²) in [6, 6.07) is 4.99. The van der Waals surface area contributed by atoms with Crippen LogP contribution in [0.15, 0.2) is 18.2 Å². The van der Waals surface area contributed by atoms with Crippen LogP contribution in [0, 0.1) is 0 Å². The lowest BCUT2D eigenvalue weighted by Gasteiger charge is -2.09. The van der Waals surface area contributed by atoms with Crippen LogP contribution in [0.25, 0.3) is 0 Å². The standard InChI is InChI=1S/C10H15ClN2O2S/c1-12-8-3-4-10(14)9(7-8)13-16(15)6-2-5-11/h3-4,7,12-14H,2,5-6H2,1H3. The van der Waals surface area contributed by atoms with E-state index < -0.39 is 11.0 Å². The van der Waals surface area contributed by atoms with E-state index in [0.29, 0.717) is 23.7 Å². The summed E-state index contributed by atoms with van der Waals surface area (Å²) in [5.41, 5.74) is 1.30. The van der Waals surface area contributed by atoms with Crippen LogP contribution in [-0.2, 0) is 11.0 Å². The van der Waals surface area contributed by atoms with E-state index in [4.69, 9.17) is 11.6 Å². The molecule has 0 aliphatic heterocycles. The molecule has 1 aromatic carbocycles. The summed E-state index contributed by atoms with van der Waals surface area (Å²) in [5.74, 6) is 1.03. The van der Waals surface area contributed by atoms with E-state index in [2.05, 4.69) is 10.0 Å². The summed E-state index contributed by atoms with van der Waals surface area (Å²) in [5, 5.41) is 12.5. The number of rotatable bonds is 6. The quantitative estimate of drug-likeness (QED) is 0.418. The Kier molecular flexibility index (Phi) is 5.42. The van der Waals surface area contributed by atoms with Crippen LogP contribution in [0.5, 0.6) is 5.75 Å². The maximum atomic E-state index is 11.5. The number of aromatic hydroxyl groups is 1. The van der Waals surface area contributed by atoms with Gasteiger partial charge in [-0.2, -0.15) is 0 Å². The Morgan fingerprint density at radius 3 is 2.88 bits per heavy atom. The first-order valence-corrected chi connectivity index (χ1v) is 6.74. The Morgan fingerprint density at radius 1 is 1.50 bits per heavy atom. The molecule has 1 unspecified atom stereocenters. The van der Waals surface area contributed by atoms with Gasteiger partial charge in [0.2, 0.25) is 0 Å². The normalized spacial score (nSPS) is 12.1. The Bertz CT molecular complexity index is 374. The van der Waals surface area contributed by atoms with Crippen LogP contribution >= 0.6 is 11.6 Å². The van der Waals surface area contributed by atoms with E-state index in [0.717, 1.165) is 5.69 Å². The van der Waals surface area contributed by atoms with Crippen LogP contribution < -0.4 is 10.0 Å². The van der Waals surface area contributed by atoms with E-state index in [9.17, 15) is 9.32 Å². The van der Waals surface area contributed by atoms with Gasteiger partial charge < -0.3 is 15.1 Å². The summed E-state index contributed by atoms with van der Waals surface area (Å²) in [7, 11) is 0.565. The number of phenolic OH excluding ortho intramolecular Hbond substituents is 1. The molecular formula is C10H15ClN2O2S. The van der Waals surface area contributed by atoms with Crippen molar-refractivity contribution in [1.82, 2.24) is 0 Å². The molecule has 0 saturated carbocycles. The van der Waals surface area contributed by atoms with Crippen molar-refractivity contribution in [2.45, 2.75) is 6.42 Å². The predicted molar refractivity (Wildman–Crippen MR) is 69.6 cm³/mol. The maximum absolute atomic E-state index is 11.5. The molecule has 0 aromatic heterocycles. The fourth-order valence-corrected chi connectivity index (χ4v) is 2.34. The van der Waals surface area contributed by atoms with Crippen molar-refractivity contribution in [3.63, 3.8) is 0 Å². The number of alkyl halides is 1. The summed E-state index contributed by atoms with van der Waals surface area (Å²) in [6.45, 7) is 0.